The molecule has 1 heterocycles. The van der Waals surface area contributed by atoms with Crippen molar-refractivity contribution in [2.24, 2.45) is 0 Å². The van der Waals surface area contributed by atoms with E-state index in [-0.39, 0.29) is 5.82 Å². The van der Waals surface area contributed by atoms with Gasteiger partial charge in [-0.1, -0.05) is 13.0 Å². The normalized spacial score (nSPS) is 10.8. The van der Waals surface area contributed by atoms with Crippen molar-refractivity contribution in [2.75, 3.05) is 6.54 Å². The maximum absolute atomic E-state index is 13.2. The summed E-state index contributed by atoms with van der Waals surface area (Å²) in [5.74, 6) is -0.139. The quantitative estimate of drug-likeness (QED) is 0.790. The highest BCUT2D eigenvalue weighted by Gasteiger charge is 2.05. The predicted octanol–water partition coefficient (Wildman–Crippen LogP) is 4.36. The molecule has 0 radical (unpaired) electrons. The molecule has 0 aliphatic carbocycles. The maximum atomic E-state index is 13.2. The lowest BCUT2D eigenvalue weighted by molar-refractivity contribution is 0.619. The molecule has 1 nitrogen and oxygen atoms in total. The number of nitrogens with one attached hydrogen (secondary N) is 1. The third-order valence-corrected chi connectivity index (χ3v) is 3.96. The van der Waals surface area contributed by atoms with Gasteiger partial charge < -0.3 is 5.32 Å². The number of rotatable bonds is 5. The molecule has 2 rings (SSSR count). The number of aryl methyl sites for hydroxylation is 1. The van der Waals surface area contributed by atoms with Crippen LogP contribution < -0.4 is 5.32 Å². The van der Waals surface area contributed by atoms with Crippen molar-refractivity contribution in [3.63, 3.8) is 0 Å². The number of halogens is 1. The van der Waals surface area contributed by atoms with Crippen LogP contribution in [0.25, 0.3) is 10.4 Å². The van der Waals surface area contributed by atoms with Crippen LogP contribution in [0, 0.1) is 12.7 Å². The Labute approximate surface area is 112 Å². The average molecular weight is 263 g/mol. The second-order valence-corrected chi connectivity index (χ2v) is 5.58. The summed E-state index contributed by atoms with van der Waals surface area (Å²) in [4.78, 5) is 2.52. The summed E-state index contributed by atoms with van der Waals surface area (Å²) in [6, 6.07) is 9.54. The molecule has 0 saturated carbocycles. The van der Waals surface area contributed by atoms with E-state index in [1.54, 1.807) is 24.3 Å². The van der Waals surface area contributed by atoms with Gasteiger partial charge in [0.25, 0.3) is 0 Å². The molecule has 0 saturated heterocycles. The first-order valence-corrected chi connectivity index (χ1v) is 7.08. The number of thiophene rings is 1. The SMILES string of the molecule is CCCNCc1ccc(-c2ccc(F)c(C)c2)s1. The lowest BCUT2D eigenvalue weighted by Crippen LogP contribution is -2.12. The molecule has 0 aliphatic heterocycles. The Morgan fingerprint density at radius 3 is 2.78 bits per heavy atom. The molecular weight excluding hydrogens is 245 g/mol. The zero-order chi connectivity index (χ0) is 13.0. The van der Waals surface area contributed by atoms with Gasteiger partial charge in [-0.05, 0) is 55.3 Å². The molecule has 0 aliphatic rings. The molecule has 2 aromatic rings. The van der Waals surface area contributed by atoms with Crippen molar-refractivity contribution < 1.29 is 4.39 Å². The summed E-state index contributed by atoms with van der Waals surface area (Å²) in [6.07, 6.45) is 1.15. The largest absolute Gasteiger partial charge is 0.312 e. The first kappa shape index (κ1) is 13.2. The van der Waals surface area contributed by atoms with E-state index in [1.165, 1.54) is 9.75 Å². The summed E-state index contributed by atoms with van der Waals surface area (Å²) in [5.41, 5.74) is 1.80. The Morgan fingerprint density at radius 2 is 2.06 bits per heavy atom. The van der Waals surface area contributed by atoms with Crippen LogP contribution in [-0.2, 0) is 6.54 Å². The summed E-state index contributed by atoms with van der Waals surface area (Å²) in [7, 11) is 0. The van der Waals surface area contributed by atoms with Gasteiger partial charge in [-0.15, -0.1) is 11.3 Å². The van der Waals surface area contributed by atoms with Crippen LogP contribution in [0.3, 0.4) is 0 Å². The van der Waals surface area contributed by atoms with E-state index >= 15 is 0 Å². The van der Waals surface area contributed by atoms with Gasteiger partial charge in [0.05, 0.1) is 0 Å². The van der Waals surface area contributed by atoms with Crippen LogP contribution in [0.2, 0.25) is 0 Å². The van der Waals surface area contributed by atoms with E-state index in [0.717, 1.165) is 25.1 Å². The minimum atomic E-state index is -0.139. The van der Waals surface area contributed by atoms with Crippen molar-refractivity contribution >= 4 is 11.3 Å². The van der Waals surface area contributed by atoms with Crippen LogP contribution in [0.4, 0.5) is 4.39 Å². The van der Waals surface area contributed by atoms with Crippen LogP contribution in [-0.4, -0.2) is 6.54 Å². The minimum Gasteiger partial charge on any atom is -0.312 e. The third kappa shape index (κ3) is 3.18. The van der Waals surface area contributed by atoms with E-state index in [0.29, 0.717) is 5.56 Å². The second kappa shape index (κ2) is 6.12. The molecule has 1 aromatic heterocycles. The van der Waals surface area contributed by atoms with Crippen molar-refractivity contribution in [3.05, 3.63) is 46.6 Å². The van der Waals surface area contributed by atoms with Crippen molar-refractivity contribution in [2.45, 2.75) is 26.8 Å². The highest BCUT2D eigenvalue weighted by atomic mass is 32.1. The van der Waals surface area contributed by atoms with Gasteiger partial charge in [-0.2, -0.15) is 0 Å². The topological polar surface area (TPSA) is 12.0 Å². The molecule has 1 N–H and O–H groups in total. The van der Waals surface area contributed by atoms with Gasteiger partial charge in [0.1, 0.15) is 5.82 Å². The van der Waals surface area contributed by atoms with Gasteiger partial charge in [-0.3, -0.25) is 0 Å². The molecule has 18 heavy (non-hydrogen) atoms. The van der Waals surface area contributed by atoms with E-state index in [2.05, 4.69) is 24.4 Å². The van der Waals surface area contributed by atoms with Gasteiger partial charge in [0.15, 0.2) is 0 Å². The minimum absolute atomic E-state index is 0.139. The van der Waals surface area contributed by atoms with Gasteiger partial charge in [0.2, 0.25) is 0 Å². The molecule has 0 fully saturated rings. The molecule has 1 aromatic carbocycles. The fourth-order valence-electron chi connectivity index (χ4n) is 1.81. The Hall–Kier alpha value is -1.19. The molecular formula is C15H18FNS. The highest BCUT2D eigenvalue weighted by Crippen LogP contribution is 2.29. The van der Waals surface area contributed by atoms with E-state index < -0.39 is 0 Å². The third-order valence-electron chi connectivity index (χ3n) is 2.83. The maximum Gasteiger partial charge on any atom is 0.126 e. The number of hydrogen-bond acceptors (Lipinski definition) is 2. The highest BCUT2D eigenvalue weighted by molar-refractivity contribution is 7.15. The van der Waals surface area contributed by atoms with Crippen LogP contribution in [0.1, 0.15) is 23.8 Å². The molecule has 0 bridgehead atoms. The van der Waals surface area contributed by atoms with Crippen LogP contribution in [0.15, 0.2) is 30.3 Å². The zero-order valence-electron chi connectivity index (χ0n) is 10.8. The first-order valence-electron chi connectivity index (χ1n) is 6.26. The van der Waals surface area contributed by atoms with Gasteiger partial charge in [0, 0.05) is 16.3 Å². The number of benzene rings is 1. The van der Waals surface area contributed by atoms with Gasteiger partial charge in [-0.25, -0.2) is 4.39 Å². The Bertz CT molecular complexity index is 519. The molecule has 0 atom stereocenters. The molecule has 0 unspecified atom stereocenters. The zero-order valence-corrected chi connectivity index (χ0v) is 11.6. The Balaban J connectivity index is 2.11. The van der Waals surface area contributed by atoms with E-state index in [1.807, 2.05) is 12.1 Å². The summed E-state index contributed by atoms with van der Waals surface area (Å²) >= 11 is 1.77. The van der Waals surface area contributed by atoms with Crippen LogP contribution in [0.5, 0.6) is 0 Å². The predicted molar refractivity (Wildman–Crippen MR) is 76.4 cm³/mol. The molecule has 0 spiro atoms. The fourth-order valence-corrected chi connectivity index (χ4v) is 2.79. The van der Waals surface area contributed by atoms with E-state index in [9.17, 15) is 4.39 Å². The smallest absolute Gasteiger partial charge is 0.126 e. The molecule has 96 valence electrons. The lowest BCUT2D eigenvalue weighted by atomic mass is 10.1. The first-order chi connectivity index (χ1) is 8.70. The fraction of sp³-hybridized carbons (Fsp3) is 0.333. The summed E-state index contributed by atoms with van der Waals surface area (Å²) in [6.45, 7) is 5.92. The van der Waals surface area contributed by atoms with E-state index in [4.69, 9.17) is 0 Å². The average Bonchev–Trinajstić information content (AvgIpc) is 2.82. The van der Waals surface area contributed by atoms with Gasteiger partial charge >= 0.3 is 0 Å². The standard InChI is InChI=1S/C15H18FNS/c1-3-8-17-10-13-5-7-15(18-13)12-4-6-14(16)11(2)9-12/h4-7,9,17H,3,8,10H2,1-2H3. The molecule has 3 heteroatoms. The van der Waals surface area contributed by atoms with Crippen molar-refractivity contribution in [1.29, 1.82) is 0 Å². The summed E-state index contributed by atoms with van der Waals surface area (Å²) < 4.78 is 13.2. The second-order valence-electron chi connectivity index (χ2n) is 4.41. The Kier molecular flexibility index (Phi) is 4.50. The lowest BCUT2D eigenvalue weighted by Gasteiger charge is -2.01. The van der Waals surface area contributed by atoms with Crippen LogP contribution >= 0.6 is 11.3 Å². The molecule has 0 amide bonds. The monoisotopic (exact) mass is 263 g/mol. The number of hydrogen-bond donors (Lipinski definition) is 1. The summed E-state index contributed by atoms with van der Waals surface area (Å²) in [5, 5.41) is 3.39. The van der Waals surface area contributed by atoms with Crippen molar-refractivity contribution in [3.8, 4) is 10.4 Å². The van der Waals surface area contributed by atoms with Crippen molar-refractivity contribution in [1.82, 2.24) is 5.32 Å². The Morgan fingerprint density at radius 1 is 1.22 bits per heavy atom.